The first-order valence-electron chi connectivity index (χ1n) is 3.92. The van der Waals surface area contributed by atoms with Gasteiger partial charge in [0.25, 0.3) is 0 Å². The quantitative estimate of drug-likeness (QED) is 0.699. The van der Waals surface area contributed by atoms with Crippen LogP contribution in [0.5, 0.6) is 0 Å². The highest BCUT2D eigenvalue weighted by atomic mass is 15.3. The molecule has 0 saturated carbocycles. The molecule has 1 rings (SSSR count). The second kappa shape index (κ2) is 3.05. The van der Waals surface area contributed by atoms with E-state index in [1.165, 1.54) is 0 Å². The van der Waals surface area contributed by atoms with E-state index in [0.29, 0.717) is 6.04 Å². The van der Waals surface area contributed by atoms with Crippen LogP contribution in [0.25, 0.3) is 0 Å². The fraction of sp³-hybridized carbons (Fsp3) is 0.625. The van der Waals surface area contributed by atoms with Crippen LogP contribution in [-0.2, 0) is 0 Å². The predicted octanol–water partition coefficient (Wildman–Crippen LogP) is 1.48. The molecule has 1 aromatic heterocycles. The van der Waals surface area contributed by atoms with Gasteiger partial charge in [0.1, 0.15) is 0 Å². The molecule has 1 aromatic rings. The summed E-state index contributed by atoms with van der Waals surface area (Å²) in [5, 5.41) is 4.30. The maximum atomic E-state index is 5.65. The summed E-state index contributed by atoms with van der Waals surface area (Å²) in [7, 11) is 0. The average Bonchev–Trinajstić information content (AvgIpc) is 2.33. The lowest BCUT2D eigenvalue weighted by atomic mass is 10.3. The van der Waals surface area contributed by atoms with Gasteiger partial charge in [-0.15, -0.1) is 0 Å². The van der Waals surface area contributed by atoms with Crippen LogP contribution in [-0.4, -0.2) is 9.78 Å². The Morgan fingerprint density at radius 2 is 2.09 bits per heavy atom. The second-order valence-electron chi connectivity index (χ2n) is 3.10. The van der Waals surface area contributed by atoms with Crippen molar-refractivity contribution in [1.82, 2.24) is 9.78 Å². The maximum absolute atomic E-state index is 5.65. The Morgan fingerprint density at radius 3 is 2.36 bits per heavy atom. The van der Waals surface area contributed by atoms with Gasteiger partial charge >= 0.3 is 0 Å². The molecule has 0 aromatic carbocycles. The van der Waals surface area contributed by atoms with Crippen molar-refractivity contribution in [3.8, 4) is 0 Å². The van der Waals surface area contributed by atoms with Crippen LogP contribution in [0.4, 0.5) is 0 Å². The van der Waals surface area contributed by atoms with Gasteiger partial charge in [-0.2, -0.15) is 5.10 Å². The Hall–Kier alpha value is -0.830. The van der Waals surface area contributed by atoms with E-state index in [4.69, 9.17) is 5.73 Å². The molecule has 0 fully saturated rings. The molecule has 0 radical (unpaired) electrons. The van der Waals surface area contributed by atoms with E-state index in [9.17, 15) is 0 Å². The summed E-state index contributed by atoms with van der Waals surface area (Å²) in [5.41, 5.74) is 6.61. The maximum Gasteiger partial charge on any atom is 0.0789 e. The van der Waals surface area contributed by atoms with Crippen LogP contribution in [0.3, 0.4) is 0 Å². The zero-order chi connectivity index (χ0) is 8.43. The van der Waals surface area contributed by atoms with Crippen LogP contribution in [0, 0.1) is 0 Å². The molecule has 0 unspecified atom stereocenters. The lowest BCUT2D eigenvalue weighted by molar-refractivity contribution is 0.521. The van der Waals surface area contributed by atoms with Gasteiger partial charge in [0.05, 0.1) is 5.69 Å². The van der Waals surface area contributed by atoms with Gasteiger partial charge in [-0.1, -0.05) is 0 Å². The highest BCUT2D eigenvalue weighted by Crippen LogP contribution is 2.08. The first kappa shape index (κ1) is 8.27. The third-order valence-corrected chi connectivity index (χ3v) is 1.62. The van der Waals surface area contributed by atoms with Gasteiger partial charge in [0, 0.05) is 18.3 Å². The number of nitrogens with two attached hydrogens (primary N) is 1. The van der Waals surface area contributed by atoms with Gasteiger partial charge in [-0.3, -0.25) is 4.68 Å². The minimum absolute atomic E-state index is 0.0370. The second-order valence-corrected chi connectivity index (χ2v) is 3.10. The van der Waals surface area contributed by atoms with E-state index < -0.39 is 0 Å². The van der Waals surface area contributed by atoms with Crippen LogP contribution in [0.2, 0.25) is 0 Å². The minimum Gasteiger partial charge on any atom is -0.323 e. The van der Waals surface area contributed by atoms with Crippen LogP contribution >= 0.6 is 0 Å². The average molecular weight is 153 g/mol. The van der Waals surface area contributed by atoms with E-state index in [1.54, 1.807) is 0 Å². The molecule has 2 N–H and O–H groups in total. The van der Waals surface area contributed by atoms with Crippen molar-refractivity contribution in [3.63, 3.8) is 0 Å². The molecule has 1 atom stereocenters. The Balaban J connectivity index is 2.82. The number of rotatable bonds is 2. The minimum atomic E-state index is 0.0370. The van der Waals surface area contributed by atoms with Gasteiger partial charge in [0.2, 0.25) is 0 Å². The van der Waals surface area contributed by atoms with Crippen LogP contribution in [0.15, 0.2) is 12.3 Å². The monoisotopic (exact) mass is 153 g/mol. The molecule has 1 heterocycles. The number of hydrogen-bond acceptors (Lipinski definition) is 2. The highest BCUT2D eigenvalue weighted by molar-refractivity contribution is 5.03. The molecule has 62 valence electrons. The van der Waals surface area contributed by atoms with Crippen molar-refractivity contribution in [2.45, 2.75) is 32.9 Å². The third-order valence-electron chi connectivity index (χ3n) is 1.62. The molecule has 3 nitrogen and oxygen atoms in total. The lowest BCUT2D eigenvalue weighted by Gasteiger charge is -2.04. The molecule has 3 heteroatoms. The molecule has 0 aliphatic heterocycles. The standard InChI is InChI=1S/C8H15N3/c1-6(2)11-5-4-8(10-11)7(3)9/h4-7H,9H2,1-3H3/t7-/m1/s1. The molecule has 11 heavy (non-hydrogen) atoms. The zero-order valence-corrected chi connectivity index (χ0v) is 7.28. The normalized spacial score (nSPS) is 13.9. The summed E-state index contributed by atoms with van der Waals surface area (Å²) in [4.78, 5) is 0. The molecule has 0 amide bonds. The Kier molecular flexibility index (Phi) is 2.29. The fourth-order valence-electron chi connectivity index (χ4n) is 0.883. The van der Waals surface area contributed by atoms with Crippen molar-refractivity contribution in [3.05, 3.63) is 18.0 Å². The first-order chi connectivity index (χ1) is 5.11. The van der Waals surface area contributed by atoms with E-state index in [2.05, 4.69) is 18.9 Å². The summed E-state index contributed by atoms with van der Waals surface area (Å²) < 4.78 is 1.92. The lowest BCUT2D eigenvalue weighted by Crippen LogP contribution is -2.08. The number of nitrogens with zero attached hydrogens (tertiary/aromatic N) is 2. The van der Waals surface area contributed by atoms with Gasteiger partial charge < -0.3 is 5.73 Å². The van der Waals surface area contributed by atoms with E-state index in [1.807, 2.05) is 23.9 Å². The van der Waals surface area contributed by atoms with E-state index in [-0.39, 0.29) is 6.04 Å². The third kappa shape index (κ3) is 1.80. The summed E-state index contributed by atoms with van der Waals surface area (Å²) in [6, 6.07) is 2.42. The summed E-state index contributed by atoms with van der Waals surface area (Å²) >= 11 is 0. The molecule has 0 aliphatic rings. The van der Waals surface area contributed by atoms with Crippen molar-refractivity contribution in [2.24, 2.45) is 5.73 Å². The van der Waals surface area contributed by atoms with Gasteiger partial charge in [-0.05, 0) is 26.8 Å². The van der Waals surface area contributed by atoms with Crippen LogP contribution < -0.4 is 5.73 Å². The molecule has 0 spiro atoms. The van der Waals surface area contributed by atoms with E-state index >= 15 is 0 Å². The largest absolute Gasteiger partial charge is 0.323 e. The summed E-state index contributed by atoms with van der Waals surface area (Å²) in [6.07, 6.45) is 1.96. The molecule has 0 saturated heterocycles. The summed E-state index contributed by atoms with van der Waals surface area (Å²) in [6.45, 7) is 6.13. The number of aromatic nitrogens is 2. The Morgan fingerprint density at radius 1 is 1.45 bits per heavy atom. The molecule has 0 bridgehead atoms. The van der Waals surface area contributed by atoms with Crippen molar-refractivity contribution in [1.29, 1.82) is 0 Å². The Bertz CT molecular complexity index is 202. The molecule has 0 aliphatic carbocycles. The molecular weight excluding hydrogens is 138 g/mol. The topological polar surface area (TPSA) is 43.8 Å². The van der Waals surface area contributed by atoms with Crippen molar-refractivity contribution in [2.75, 3.05) is 0 Å². The molecular formula is C8H15N3. The predicted molar refractivity (Wildman–Crippen MR) is 45.2 cm³/mol. The fourth-order valence-corrected chi connectivity index (χ4v) is 0.883. The highest BCUT2D eigenvalue weighted by Gasteiger charge is 2.04. The zero-order valence-electron chi connectivity index (χ0n) is 7.28. The SMILES string of the molecule is CC(C)n1ccc([C@@H](C)N)n1. The van der Waals surface area contributed by atoms with Gasteiger partial charge in [-0.25, -0.2) is 0 Å². The van der Waals surface area contributed by atoms with E-state index in [0.717, 1.165) is 5.69 Å². The van der Waals surface area contributed by atoms with Crippen LogP contribution in [0.1, 0.15) is 38.5 Å². The van der Waals surface area contributed by atoms with Gasteiger partial charge in [0.15, 0.2) is 0 Å². The number of hydrogen-bond donors (Lipinski definition) is 1. The summed E-state index contributed by atoms with van der Waals surface area (Å²) in [5.74, 6) is 0. The van der Waals surface area contributed by atoms with Crippen molar-refractivity contribution >= 4 is 0 Å². The smallest absolute Gasteiger partial charge is 0.0789 e. The first-order valence-corrected chi connectivity index (χ1v) is 3.92. The van der Waals surface area contributed by atoms with Crippen molar-refractivity contribution < 1.29 is 0 Å². The Labute approximate surface area is 67.2 Å².